The van der Waals surface area contributed by atoms with E-state index < -0.39 is 27.1 Å². The zero-order valence-corrected chi connectivity index (χ0v) is 17.2. The van der Waals surface area contributed by atoms with Crippen molar-refractivity contribution < 1.29 is 23.8 Å². The van der Waals surface area contributed by atoms with Gasteiger partial charge in [0, 0.05) is 23.9 Å². The molecule has 0 saturated heterocycles. The van der Waals surface area contributed by atoms with Gasteiger partial charge in [0.1, 0.15) is 28.9 Å². The number of nitro benzene ring substituents is 2. The summed E-state index contributed by atoms with van der Waals surface area (Å²) in [6.07, 6.45) is 1.18. The molecule has 11 heteroatoms. The second-order valence-corrected chi connectivity index (χ2v) is 6.50. The minimum Gasteiger partial charge on any atom is -0.494 e. The first-order valence-electron chi connectivity index (χ1n) is 9.51. The quantitative estimate of drug-likeness (QED) is 0.224. The van der Waals surface area contributed by atoms with Crippen LogP contribution in [0.25, 0.3) is 17.4 Å². The van der Waals surface area contributed by atoms with Gasteiger partial charge in [0.25, 0.3) is 17.3 Å². The fraction of sp³-hybridized carbons (Fsp3) is 0.0909. The van der Waals surface area contributed by atoms with E-state index in [4.69, 9.17) is 9.15 Å². The molecule has 0 unspecified atom stereocenters. The van der Waals surface area contributed by atoms with E-state index in [2.05, 4.69) is 5.32 Å². The van der Waals surface area contributed by atoms with Gasteiger partial charge in [-0.05, 0) is 37.3 Å². The number of furan rings is 1. The van der Waals surface area contributed by atoms with Gasteiger partial charge in [-0.15, -0.1) is 0 Å². The Kier molecular flexibility index (Phi) is 6.80. The zero-order valence-electron chi connectivity index (χ0n) is 17.2. The molecule has 0 atom stereocenters. The van der Waals surface area contributed by atoms with Gasteiger partial charge in [0.05, 0.1) is 28.1 Å². The lowest BCUT2D eigenvalue weighted by molar-refractivity contribution is -0.393. The molecular weight excluding hydrogens is 432 g/mol. The molecule has 1 aromatic heterocycles. The molecule has 0 aliphatic heterocycles. The van der Waals surface area contributed by atoms with Crippen molar-refractivity contribution in [2.45, 2.75) is 6.92 Å². The van der Waals surface area contributed by atoms with Gasteiger partial charge in [0.2, 0.25) is 0 Å². The van der Waals surface area contributed by atoms with Crippen molar-refractivity contribution in [1.29, 1.82) is 5.26 Å². The van der Waals surface area contributed by atoms with Crippen LogP contribution < -0.4 is 10.1 Å². The summed E-state index contributed by atoms with van der Waals surface area (Å²) in [5.41, 5.74) is -0.777. The summed E-state index contributed by atoms with van der Waals surface area (Å²) < 4.78 is 10.9. The average molecular weight is 448 g/mol. The summed E-state index contributed by atoms with van der Waals surface area (Å²) >= 11 is 0. The van der Waals surface area contributed by atoms with E-state index in [0.29, 0.717) is 18.0 Å². The summed E-state index contributed by atoms with van der Waals surface area (Å²) in [6.45, 7) is 2.28. The SMILES string of the molecule is CCOc1cccc(NC(=O)/C(C#N)=C\c2ccc(-c3ccc([N+](=O)[O-])cc3[N+](=O)[O-])o2)c1. The number of carbonyl (C=O) groups excluding carboxylic acids is 1. The fourth-order valence-corrected chi connectivity index (χ4v) is 2.89. The normalized spacial score (nSPS) is 10.8. The zero-order chi connectivity index (χ0) is 24.0. The molecule has 1 amide bonds. The van der Waals surface area contributed by atoms with Crippen LogP contribution in [0.15, 0.2) is 64.6 Å². The predicted molar refractivity (Wildman–Crippen MR) is 117 cm³/mol. The molecule has 0 aliphatic rings. The van der Waals surface area contributed by atoms with Crippen molar-refractivity contribution in [3.63, 3.8) is 0 Å². The number of non-ortho nitro benzene ring substituents is 1. The molecule has 11 nitrogen and oxygen atoms in total. The summed E-state index contributed by atoms with van der Waals surface area (Å²) in [5, 5.41) is 34.2. The number of rotatable bonds is 8. The van der Waals surface area contributed by atoms with Crippen LogP contribution in [0.1, 0.15) is 12.7 Å². The Labute approximate surface area is 186 Å². The summed E-state index contributed by atoms with van der Waals surface area (Å²) in [6, 6.07) is 14.4. The first kappa shape index (κ1) is 22.7. The maximum atomic E-state index is 12.5. The molecule has 1 heterocycles. The lowest BCUT2D eigenvalue weighted by Gasteiger charge is -2.07. The highest BCUT2D eigenvalue weighted by Crippen LogP contribution is 2.34. The molecule has 33 heavy (non-hydrogen) atoms. The topological polar surface area (TPSA) is 162 Å². The van der Waals surface area contributed by atoms with Gasteiger partial charge >= 0.3 is 0 Å². The van der Waals surface area contributed by atoms with E-state index in [0.717, 1.165) is 12.1 Å². The highest BCUT2D eigenvalue weighted by atomic mass is 16.6. The van der Waals surface area contributed by atoms with Crippen LogP contribution in [0.4, 0.5) is 17.1 Å². The number of ether oxygens (including phenoxy) is 1. The second kappa shape index (κ2) is 9.88. The van der Waals surface area contributed by atoms with E-state index >= 15 is 0 Å². The number of nitrogens with one attached hydrogen (secondary N) is 1. The molecule has 1 N–H and O–H groups in total. The Morgan fingerprint density at radius 3 is 2.61 bits per heavy atom. The van der Waals surface area contributed by atoms with E-state index in [1.165, 1.54) is 24.3 Å². The van der Waals surface area contributed by atoms with E-state index in [9.17, 15) is 30.3 Å². The number of amides is 1. The van der Waals surface area contributed by atoms with E-state index in [1.54, 1.807) is 30.3 Å². The molecule has 0 saturated carbocycles. The largest absolute Gasteiger partial charge is 0.494 e. The van der Waals surface area contributed by atoms with Crippen LogP contribution in [0.3, 0.4) is 0 Å². The van der Waals surface area contributed by atoms with Crippen molar-refractivity contribution in [2.24, 2.45) is 0 Å². The van der Waals surface area contributed by atoms with Gasteiger partial charge in [-0.1, -0.05) is 6.07 Å². The summed E-state index contributed by atoms with van der Waals surface area (Å²) in [4.78, 5) is 33.3. The lowest BCUT2D eigenvalue weighted by Crippen LogP contribution is -2.13. The Morgan fingerprint density at radius 1 is 1.15 bits per heavy atom. The third kappa shape index (κ3) is 5.39. The van der Waals surface area contributed by atoms with Crippen LogP contribution in [0, 0.1) is 31.6 Å². The average Bonchev–Trinajstić information content (AvgIpc) is 3.25. The molecule has 2 aromatic carbocycles. The Morgan fingerprint density at radius 2 is 1.94 bits per heavy atom. The Bertz CT molecular complexity index is 1300. The third-order valence-corrected chi connectivity index (χ3v) is 4.34. The minimum atomic E-state index is -0.759. The number of hydrogen-bond acceptors (Lipinski definition) is 8. The molecule has 3 aromatic rings. The highest BCUT2D eigenvalue weighted by molar-refractivity contribution is 6.09. The number of nitrogens with zero attached hydrogens (tertiary/aromatic N) is 3. The standard InChI is InChI=1S/C22H16N4O7/c1-2-32-17-5-3-4-15(11-17)24-22(27)14(13-23)10-18-7-9-21(33-18)19-8-6-16(25(28)29)12-20(19)26(30)31/h3-12H,2H2,1H3,(H,24,27)/b14-10-. The Balaban J connectivity index is 1.86. The van der Waals surface area contributed by atoms with Crippen molar-refractivity contribution >= 4 is 29.0 Å². The van der Waals surface area contributed by atoms with Crippen molar-refractivity contribution in [2.75, 3.05) is 11.9 Å². The molecular formula is C22H16N4O7. The van der Waals surface area contributed by atoms with Crippen LogP contribution in [-0.4, -0.2) is 22.4 Å². The van der Waals surface area contributed by atoms with Crippen molar-refractivity contribution in [1.82, 2.24) is 0 Å². The van der Waals surface area contributed by atoms with Crippen LogP contribution in [0.2, 0.25) is 0 Å². The first-order chi connectivity index (χ1) is 15.8. The minimum absolute atomic E-state index is 0.0148. The number of carbonyl (C=O) groups is 1. The number of anilines is 1. The smallest absolute Gasteiger partial charge is 0.287 e. The molecule has 166 valence electrons. The van der Waals surface area contributed by atoms with Gasteiger partial charge in [-0.3, -0.25) is 25.0 Å². The number of hydrogen-bond donors (Lipinski definition) is 1. The maximum Gasteiger partial charge on any atom is 0.287 e. The number of benzene rings is 2. The highest BCUT2D eigenvalue weighted by Gasteiger charge is 2.22. The molecule has 0 fully saturated rings. The number of nitro groups is 2. The van der Waals surface area contributed by atoms with E-state index in [1.807, 2.05) is 6.92 Å². The summed E-state index contributed by atoms with van der Waals surface area (Å²) in [5.74, 6) is 0.000880. The fourth-order valence-electron chi connectivity index (χ4n) is 2.89. The third-order valence-electron chi connectivity index (χ3n) is 4.34. The first-order valence-corrected chi connectivity index (χ1v) is 9.51. The van der Waals surface area contributed by atoms with Gasteiger partial charge in [-0.2, -0.15) is 5.26 Å². The molecule has 0 bridgehead atoms. The monoisotopic (exact) mass is 448 g/mol. The predicted octanol–water partition coefficient (Wildman–Crippen LogP) is 4.71. The van der Waals surface area contributed by atoms with Crippen LogP contribution in [0.5, 0.6) is 5.75 Å². The molecule has 0 radical (unpaired) electrons. The number of nitriles is 1. The van der Waals surface area contributed by atoms with Crippen molar-refractivity contribution in [3.8, 4) is 23.1 Å². The van der Waals surface area contributed by atoms with Crippen LogP contribution in [-0.2, 0) is 4.79 Å². The van der Waals surface area contributed by atoms with Gasteiger partial charge < -0.3 is 14.5 Å². The summed E-state index contributed by atoms with van der Waals surface area (Å²) in [7, 11) is 0. The van der Waals surface area contributed by atoms with Gasteiger partial charge in [0.15, 0.2) is 0 Å². The molecule has 3 rings (SSSR count). The second-order valence-electron chi connectivity index (χ2n) is 6.50. The van der Waals surface area contributed by atoms with Gasteiger partial charge in [-0.25, -0.2) is 0 Å². The van der Waals surface area contributed by atoms with Crippen molar-refractivity contribution in [3.05, 3.63) is 86.2 Å². The molecule has 0 aliphatic carbocycles. The van der Waals surface area contributed by atoms with Crippen LogP contribution >= 0.6 is 0 Å². The maximum absolute atomic E-state index is 12.5. The molecule has 0 spiro atoms. The Hall–Kier alpha value is -4.98. The van der Waals surface area contributed by atoms with E-state index in [-0.39, 0.29) is 22.7 Å². The lowest BCUT2D eigenvalue weighted by atomic mass is 10.1.